The summed E-state index contributed by atoms with van der Waals surface area (Å²) in [6.07, 6.45) is 3.38. The fraction of sp³-hybridized carbons (Fsp3) is 0.444. The van der Waals surface area contributed by atoms with E-state index in [-0.39, 0.29) is 38.0 Å². The fourth-order valence-corrected chi connectivity index (χ4v) is 5.04. The second kappa shape index (κ2) is 14.5. The molecule has 0 saturated carbocycles. The molecular formula is C27H36BrN7O5. The second-order valence-corrected chi connectivity index (χ2v) is 9.95. The minimum atomic E-state index is -0.981. The predicted octanol–water partition coefficient (Wildman–Crippen LogP) is 2.83. The monoisotopic (exact) mass is 617 g/mol. The van der Waals surface area contributed by atoms with Crippen LogP contribution in [0.2, 0.25) is 0 Å². The summed E-state index contributed by atoms with van der Waals surface area (Å²) in [5.41, 5.74) is 14.7. The van der Waals surface area contributed by atoms with Gasteiger partial charge in [0.2, 0.25) is 5.95 Å². The number of esters is 2. The van der Waals surface area contributed by atoms with Crippen molar-refractivity contribution < 1.29 is 23.9 Å². The molecule has 1 aliphatic rings. The average molecular weight is 619 g/mol. The van der Waals surface area contributed by atoms with Crippen molar-refractivity contribution in [2.75, 3.05) is 48.0 Å². The lowest BCUT2D eigenvalue weighted by Crippen LogP contribution is -2.44. The summed E-state index contributed by atoms with van der Waals surface area (Å²) in [7, 11) is 0. The van der Waals surface area contributed by atoms with Crippen LogP contribution in [-0.2, 0) is 25.5 Å². The fourth-order valence-electron chi connectivity index (χ4n) is 4.52. The summed E-state index contributed by atoms with van der Waals surface area (Å²) >= 11 is 3.54. The first kappa shape index (κ1) is 30.7. The number of aryl methyl sites for hydroxylation is 1. The first-order valence-corrected chi connectivity index (χ1v) is 13.9. The number of anilines is 4. The molecule has 1 aromatic heterocycles. The highest BCUT2D eigenvalue weighted by Gasteiger charge is 2.30. The summed E-state index contributed by atoms with van der Waals surface area (Å²) in [5.74, 6) is -1.02. The number of amides is 1. The molecule has 0 radical (unpaired) electrons. The van der Waals surface area contributed by atoms with E-state index < -0.39 is 23.9 Å². The van der Waals surface area contributed by atoms with E-state index in [1.54, 1.807) is 38.1 Å². The normalized spacial score (nSPS) is 15.0. The van der Waals surface area contributed by atoms with Crippen molar-refractivity contribution in [2.24, 2.45) is 0 Å². The van der Waals surface area contributed by atoms with Crippen molar-refractivity contribution >= 4 is 56.9 Å². The van der Waals surface area contributed by atoms with Crippen LogP contribution in [0.4, 0.5) is 23.1 Å². The predicted molar refractivity (Wildman–Crippen MR) is 157 cm³/mol. The number of nitrogens with zero attached hydrogens (tertiary/aromatic N) is 3. The Morgan fingerprint density at radius 1 is 1.23 bits per heavy atom. The summed E-state index contributed by atoms with van der Waals surface area (Å²) in [6, 6.07) is 4.20. The molecule has 1 aromatic carbocycles. The van der Waals surface area contributed by atoms with Crippen molar-refractivity contribution in [2.45, 2.75) is 51.6 Å². The van der Waals surface area contributed by atoms with E-state index in [0.717, 1.165) is 23.5 Å². The lowest BCUT2D eigenvalue weighted by molar-refractivity contribution is -0.146. The Bertz CT molecular complexity index is 1240. The molecule has 13 heteroatoms. The Morgan fingerprint density at radius 3 is 2.65 bits per heavy atom. The summed E-state index contributed by atoms with van der Waals surface area (Å²) in [5, 5.41) is 6.11. The van der Waals surface area contributed by atoms with Crippen molar-refractivity contribution in [1.82, 2.24) is 15.3 Å². The number of nitrogens with one attached hydrogen (secondary N) is 2. The van der Waals surface area contributed by atoms with Crippen LogP contribution in [0.15, 0.2) is 35.3 Å². The number of carbonyl (C=O) groups is 3. The van der Waals surface area contributed by atoms with Gasteiger partial charge in [0, 0.05) is 41.3 Å². The zero-order chi connectivity index (χ0) is 29.2. The highest BCUT2D eigenvalue weighted by Crippen LogP contribution is 2.34. The number of rotatable bonds is 13. The molecule has 0 fully saturated rings. The number of fused-ring (bicyclic) bond motifs is 1. The molecule has 216 valence electrons. The van der Waals surface area contributed by atoms with Gasteiger partial charge >= 0.3 is 11.9 Å². The van der Waals surface area contributed by atoms with Gasteiger partial charge in [0.05, 0.1) is 18.9 Å². The molecule has 12 nitrogen and oxygen atoms in total. The molecule has 6 N–H and O–H groups in total. The number of nitrogen functional groups attached to an aromatic ring is 2. The molecule has 2 heterocycles. The number of benzene rings is 1. The molecule has 0 saturated heterocycles. The highest BCUT2D eigenvalue weighted by atomic mass is 79.9. The standard InChI is InChI=1S/C27H36BrN7O5/c1-4-13-35-17(8-10-20-23(35)24(29)34-27(30)33-20)15-31-19-9-7-16(14-18(19)28)25(37)32-21(26(38)40-6-3)11-12-22(36)39-5-2/h4,7,9,14,17,21,31H,1,5-6,8,10-13,15H2,2-3H3,(H,32,37)(H4,29,30,33,34)/t17?,21-/m0/s1. The Morgan fingerprint density at radius 2 is 1.98 bits per heavy atom. The Kier molecular flexibility index (Phi) is 11.1. The minimum Gasteiger partial charge on any atom is -0.466 e. The van der Waals surface area contributed by atoms with Crippen LogP contribution < -0.4 is 27.0 Å². The largest absolute Gasteiger partial charge is 0.466 e. The molecule has 2 atom stereocenters. The van der Waals surface area contributed by atoms with Gasteiger partial charge in [-0.3, -0.25) is 9.59 Å². The van der Waals surface area contributed by atoms with E-state index in [0.29, 0.717) is 35.4 Å². The number of hydrogen-bond acceptors (Lipinski definition) is 11. The summed E-state index contributed by atoms with van der Waals surface area (Å²) < 4.78 is 10.7. The van der Waals surface area contributed by atoms with Gasteiger partial charge in [-0.25, -0.2) is 9.78 Å². The van der Waals surface area contributed by atoms with Crippen molar-refractivity contribution in [3.63, 3.8) is 0 Å². The van der Waals surface area contributed by atoms with Crippen molar-refractivity contribution in [3.05, 3.63) is 46.6 Å². The third-order valence-corrected chi connectivity index (χ3v) is 7.00. The molecule has 1 unspecified atom stereocenters. The number of hydrogen-bond donors (Lipinski definition) is 4. The number of aromatic nitrogens is 2. The quantitative estimate of drug-likeness (QED) is 0.192. The van der Waals surface area contributed by atoms with Crippen LogP contribution in [-0.4, -0.2) is 66.2 Å². The molecule has 40 heavy (non-hydrogen) atoms. The molecule has 0 aliphatic carbocycles. The van der Waals surface area contributed by atoms with E-state index in [2.05, 4.69) is 48.0 Å². The molecular weight excluding hydrogens is 582 g/mol. The van der Waals surface area contributed by atoms with Crippen LogP contribution >= 0.6 is 15.9 Å². The lowest BCUT2D eigenvalue weighted by atomic mass is 9.99. The SMILES string of the molecule is C=CCN1c2c(N)nc(N)nc2CCC1CNc1ccc(C(=O)N[C@@H](CCC(=O)OCC)C(=O)OCC)cc1Br. The van der Waals surface area contributed by atoms with E-state index >= 15 is 0 Å². The maximum Gasteiger partial charge on any atom is 0.328 e. The van der Waals surface area contributed by atoms with Gasteiger partial charge < -0.3 is 36.5 Å². The molecule has 3 rings (SSSR count). The Balaban J connectivity index is 1.67. The molecule has 0 bridgehead atoms. The molecule has 2 aromatic rings. The van der Waals surface area contributed by atoms with E-state index in [4.69, 9.17) is 20.9 Å². The molecule has 1 aliphatic heterocycles. The topological polar surface area (TPSA) is 175 Å². The van der Waals surface area contributed by atoms with Gasteiger partial charge in [0.25, 0.3) is 5.91 Å². The van der Waals surface area contributed by atoms with Crippen LogP contribution in [0.5, 0.6) is 0 Å². The van der Waals surface area contributed by atoms with Gasteiger partial charge in [0.15, 0.2) is 5.82 Å². The van der Waals surface area contributed by atoms with Crippen LogP contribution in [0.3, 0.4) is 0 Å². The van der Waals surface area contributed by atoms with Crippen LogP contribution in [0.25, 0.3) is 0 Å². The van der Waals surface area contributed by atoms with E-state index in [1.165, 1.54) is 0 Å². The van der Waals surface area contributed by atoms with E-state index in [1.807, 2.05) is 0 Å². The zero-order valence-corrected chi connectivity index (χ0v) is 24.3. The van der Waals surface area contributed by atoms with E-state index in [9.17, 15) is 14.4 Å². The molecule has 1 amide bonds. The van der Waals surface area contributed by atoms with Gasteiger partial charge in [-0.2, -0.15) is 4.98 Å². The first-order chi connectivity index (χ1) is 19.2. The third kappa shape index (κ3) is 7.84. The molecule has 0 spiro atoms. The van der Waals surface area contributed by atoms with Gasteiger partial charge in [0.1, 0.15) is 11.7 Å². The average Bonchev–Trinajstić information content (AvgIpc) is 2.91. The Hall–Kier alpha value is -3.87. The maximum absolute atomic E-state index is 13.0. The second-order valence-electron chi connectivity index (χ2n) is 9.09. The van der Waals surface area contributed by atoms with Crippen LogP contribution in [0.1, 0.15) is 49.2 Å². The van der Waals surface area contributed by atoms with Crippen LogP contribution in [0, 0.1) is 0 Å². The smallest absolute Gasteiger partial charge is 0.328 e. The van der Waals surface area contributed by atoms with Gasteiger partial charge in [-0.15, -0.1) is 6.58 Å². The third-order valence-electron chi connectivity index (χ3n) is 6.35. The first-order valence-electron chi connectivity index (χ1n) is 13.1. The van der Waals surface area contributed by atoms with Gasteiger partial charge in [-0.1, -0.05) is 6.08 Å². The number of carbonyl (C=O) groups excluding carboxylic acids is 3. The zero-order valence-electron chi connectivity index (χ0n) is 22.7. The maximum atomic E-state index is 13.0. The highest BCUT2D eigenvalue weighted by molar-refractivity contribution is 9.10. The van der Waals surface area contributed by atoms with Crippen molar-refractivity contribution in [1.29, 1.82) is 0 Å². The van der Waals surface area contributed by atoms with Crippen molar-refractivity contribution in [3.8, 4) is 0 Å². The van der Waals surface area contributed by atoms with Gasteiger partial charge in [-0.05, 0) is 67.2 Å². The summed E-state index contributed by atoms with van der Waals surface area (Å²) in [4.78, 5) is 47.7. The summed E-state index contributed by atoms with van der Waals surface area (Å²) in [6.45, 7) is 8.78. The number of ether oxygens (including phenoxy) is 2. The lowest BCUT2D eigenvalue weighted by Gasteiger charge is -2.38. The number of halogens is 1. The minimum absolute atomic E-state index is 0.0240. The Labute approximate surface area is 242 Å². The number of nitrogens with two attached hydrogens (primary N) is 2.